The van der Waals surface area contributed by atoms with E-state index in [4.69, 9.17) is 9.47 Å². The molecule has 0 aliphatic carbocycles. The number of benzene rings is 2. The van der Waals surface area contributed by atoms with Crippen LogP contribution < -0.4 is 0 Å². The van der Waals surface area contributed by atoms with Gasteiger partial charge in [0, 0.05) is 5.57 Å². The van der Waals surface area contributed by atoms with Crippen LogP contribution in [-0.4, -0.2) is 18.4 Å². The molecule has 0 aromatic heterocycles. The minimum absolute atomic E-state index is 0.0350. The van der Waals surface area contributed by atoms with Crippen LogP contribution in [0.5, 0.6) is 0 Å². The summed E-state index contributed by atoms with van der Waals surface area (Å²) < 4.78 is 25.4. The van der Waals surface area contributed by atoms with Crippen LogP contribution in [0.15, 0.2) is 60.2 Å². The van der Waals surface area contributed by atoms with Gasteiger partial charge in [0.2, 0.25) is 5.79 Å². The Morgan fingerprint density at radius 2 is 1.85 bits per heavy atom. The van der Waals surface area contributed by atoms with Crippen LogP contribution in [0.1, 0.15) is 43.2 Å². The second-order valence-electron chi connectivity index (χ2n) is 6.77. The van der Waals surface area contributed by atoms with E-state index in [-0.39, 0.29) is 17.7 Å². The summed E-state index contributed by atoms with van der Waals surface area (Å²) in [7, 11) is 0. The molecule has 2 aliphatic heterocycles. The maximum absolute atomic E-state index is 13.3. The van der Waals surface area contributed by atoms with Crippen LogP contribution in [0.4, 0.5) is 4.39 Å². The lowest BCUT2D eigenvalue weighted by atomic mass is 9.82. The maximum Gasteiger partial charge on any atom is 0.341 e. The predicted molar refractivity (Wildman–Crippen MR) is 96.8 cm³/mol. The van der Waals surface area contributed by atoms with Gasteiger partial charge in [-0.2, -0.15) is 0 Å². The zero-order valence-corrected chi connectivity index (χ0v) is 14.7. The third-order valence-corrected chi connectivity index (χ3v) is 5.19. The normalized spacial score (nSPS) is 25.2. The van der Waals surface area contributed by atoms with Crippen molar-refractivity contribution in [2.75, 3.05) is 6.61 Å². The Morgan fingerprint density at radius 1 is 1.12 bits per heavy atom. The molecule has 1 spiro atoms. The van der Waals surface area contributed by atoms with Gasteiger partial charge in [-0.15, -0.1) is 0 Å². The molecule has 1 fully saturated rings. The molecular formula is C22H21FO3. The number of hydrogen-bond acceptors (Lipinski definition) is 3. The molecule has 4 heteroatoms. The van der Waals surface area contributed by atoms with Gasteiger partial charge >= 0.3 is 5.97 Å². The van der Waals surface area contributed by atoms with Gasteiger partial charge in [0.15, 0.2) is 0 Å². The average Bonchev–Trinajstić information content (AvgIpc) is 3.19. The molecule has 2 atom stereocenters. The highest BCUT2D eigenvalue weighted by atomic mass is 19.1. The predicted octanol–water partition coefficient (Wildman–Crippen LogP) is 4.84. The zero-order chi connectivity index (χ0) is 18.1. The molecule has 2 heterocycles. The number of rotatable bonds is 4. The molecule has 0 radical (unpaired) electrons. The zero-order valence-electron chi connectivity index (χ0n) is 14.7. The van der Waals surface area contributed by atoms with Crippen molar-refractivity contribution < 1.29 is 18.7 Å². The van der Waals surface area contributed by atoms with Gasteiger partial charge in [-0.05, 0) is 36.1 Å². The fraction of sp³-hybridized carbons (Fsp3) is 0.318. The van der Waals surface area contributed by atoms with Gasteiger partial charge < -0.3 is 9.47 Å². The van der Waals surface area contributed by atoms with E-state index in [1.165, 1.54) is 12.1 Å². The molecule has 1 saturated heterocycles. The maximum atomic E-state index is 13.3. The summed E-state index contributed by atoms with van der Waals surface area (Å²) in [6, 6.07) is 16.1. The van der Waals surface area contributed by atoms with Crippen molar-refractivity contribution in [1.82, 2.24) is 0 Å². The molecule has 0 saturated carbocycles. The van der Waals surface area contributed by atoms with Crippen molar-refractivity contribution in [3.8, 4) is 0 Å². The van der Waals surface area contributed by atoms with Gasteiger partial charge in [0.05, 0.1) is 18.1 Å². The third kappa shape index (κ3) is 2.65. The lowest BCUT2D eigenvalue weighted by Crippen LogP contribution is -2.37. The molecule has 0 unspecified atom stereocenters. The molecule has 0 amide bonds. The van der Waals surface area contributed by atoms with Crippen molar-refractivity contribution >= 4 is 11.5 Å². The Kier molecular flexibility index (Phi) is 4.37. The standard InChI is InChI=1S/C22H21FO3/c1-2-6-19-20(16-9-11-17(23)12-10-16)21(24)26-22(19)18(13-14-25-22)15-7-4-3-5-8-15/h3-5,7-12,18H,2,6,13-14H2,1H3/t18-,22+/m1/s1. The molecule has 26 heavy (non-hydrogen) atoms. The summed E-state index contributed by atoms with van der Waals surface area (Å²) in [6.45, 7) is 2.61. The number of carbonyl (C=O) groups excluding carboxylic acids is 1. The Labute approximate surface area is 152 Å². The molecule has 3 nitrogen and oxygen atoms in total. The second-order valence-corrected chi connectivity index (χ2v) is 6.77. The van der Waals surface area contributed by atoms with Crippen LogP contribution in [0.25, 0.3) is 5.57 Å². The fourth-order valence-corrected chi connectivity index (χ4v) is 4.09. The van der Waals surface area contributed by atoms with E-state index in [1.807, 2.05) is 30.3 Å². The van der Waals surface area contributed by atoms with Gasteiger partial charge in [-0.1, -0.05) is 55.8 Å². The Hall–Kier alpha value is -2.46. The van der Waals surface area contributed by atoms with Gasteiger partial charge in [-0.25, -0.2) is 9.18 Å². The van der Waals surface area contributed by atoms with Crippen LogP contribution >= 0.6 is 0 Å². The summed E-state index contributed by atoms with van der Waals surface area (Å²) in [6.07, 6.45) is 2.35. The van der Waals surface area contributed by atoms with Crippen LogP contribution in [0.3, 0.4) is 0 Å². The Balaban J connectivity index is 1.85. The summed E-state index contributed by atoms with van der Waals surface area (Å²) >= 11 is 0. The summed E-state index contributed by atoms with van der Waals surface area (Å²) in [5.74, 6) is -1.79. The smallest absolute Gasteiger partial charge is 0.341 e. The van der Waals surface area contributed by atoms with E-state index in [9.17, 15) is 9.18 Å². The monoisotopic (exact) mass is 352 g/mol. The fourth-order valence-electron chi connectivity index (χ4n) is 4.09. The first-order chi connectivity index (χ1) is 12.7. The summed E-state index contributed by atoms with van der Waals surface area (Å²) in [5.41, 5.74) is 3.18. The van der Waals surface area contributed by atoms with Crippen molar-refractivity contribution in [1.29, 1.82) is 0 Å². The molecule has 0 N–H and O–H groups in total. The number of esters is 1. The highest BCUT2D eigenvalue weighted by Gasteiger charge is 2.57. The first-order valence-electron chi connectivity index (χ1n) is 9.07. The lowest BCUT2D eigenvalue weighted by Gasteiger charge is -2.31. The number of hydrogen-bond donors (Lipinski definition) is 0. The topological polar surface area (TPSA) is 35.5 Å². The van der Waals surface area contributed by atoms with Crippen molar-refractivity contribution in [2.24, 2.45) is 0 Å². The average molecular weight is 352 g/mol. The van der Waals surface area contributed by atoms with E-state index in [0.717, 1.165) is 24.0 Å². The van der Waals surface area contributed by atoms with E-state index >= 15 is 0 Å². The Bertz CT molecular complexity index is 841. The minimum Gasteiger partial charge on any atom is -0.425 e. The SMILES string of the molecule is CCCC1=C(c2ccc(F)cc2)C(=O)O[C@]12OCC[C@@H]2c1ccccc1. The minimum atomic E-state index is -1.04. The number of carbonyl (C=O) groups is 1. The largest absolute Gasteiger partial charge is 0.425 e. The second kappa shape index (κ2) is 6.69. The quantitative estimate of drug-likeness (QED) is 0.739. The molecule has 2 aliphatic rings. The number of ether oxygens (including phenoxy) is 2. The van der Waals surface area contributed by atoms with Gasteiger partial charge in [0.25, 0.3) is 0 Å². The van der Waals surface area contributed by atoms with E-state index < -0.39 is 5.79 Å². The van der Waals surface area contributed by atoms with E-state index in [0.29, 0.717) is 24.2 Å². The molecule has 134 valence electrons. The van der Waals surface area contributed by atoms with Crippen molar-refractivity contribution in [2.45, 2.75) is 37.9 Å². The molecular weight excluding hydrogens is 331 g/mol. The lowest BCUT2D eigenvalue weighted by molar-refractivity contribution is -0.189. The van der Waals surface area contributed by atoms with Gasteiger partial charge in [0.1, 0.15) is 5.82 Å². The molecule has 4 rings (SSSR count). The molecule has 2 aromatic rings. The van der Waals surface area contributed by atoms with Gasteiger partial charge in [-0.3, -0.25) is 0 Å². The first-order valence-corrected chi connectivity index (χ1v) is 9.07. The third-order valence-electron chi connectivity index (χ3n) is 5.19. The van der Waals surface area contributed by atoms with Crippen molar-refractivity contribution in [3.63, 3.8) is 0 Å². The van der Waals surface area contributed by atoms with Crippen molar-refractivity contribution in [3.05, 3.63) is 77.1 Å². The van der Waals surface area contributed by atoms with E-state index in [1.54, 1.807) is 12.1 Å². The van der Waals surface area contributed by atoms with Crippen LogP contribution in [-0.2, 0) is 14.3 Å². The van der Waals surface area contributed by atoms with Crippen LogP contribution in [0, 0.1) is 5.82 Å². The molecule has 0 bridgehead atoms. The highest BCUT2D eigenvalue weighted by Crippen LogP contribution is 2.53. The Morgan fingerprint density at radius 3 is 2.54 bits per heavy atom. The number of halogens is 1. The molecule has 2 aromatic carbocycles. The first kappa shape index (κ1) is 17.0. The highest BCUT2D eigenvalue weighted by molar-refractivity contribution is 6.20. The summed E-state index contributed by atoms with van der Waals surface area (Å²) in [5, 5.41) is 0. The summed E-state index contributed by atoms with van der Waals surface area (Å²) in [4.78, 5) is 12.8. The van der Waals surface area contributed by atoms with Crippen LogP contribution in [0.2, 0.25) is 0 Å². The van der Waals surface area contributed by atoms with E-state index in [2.05, 4.69) is 6.92 Å².